The minimum Gasteiger partial charge on any atom is -0.493 e. The Hall–Kier alpha value is -3.14. The van der Waals surface area contributed by atoms with Crippen molar-refractivity contribution in [2.45, 2.75) is 38.1 Å². The standard InChI is InChI=1S/C22H23F3N4O3/c1-13-28-17-10-18(31-3)19(32-21(5-6-21)12-30-2)9-16(17)20(29-13)27-11-15-8-14(4-7-26-15)22(23,24)25/h4,7-10H,5-6,11-12H2,1-3H3,(H,27,28,29). The van der Waals surface area contributed by atoms with Crippen LogP contribution in [0.25, 0.3) is 10.9 Å². The van der Waals surface area contributed by atoms with Gasteiger partial charge >= 0.3 is 6.18 Å². The third-order valence-electron chi connectivity index (χ3n) is 5.22. The van der Waals surface area contributed by atoms with E-state index in [0.717, 1.165) is 31.2 Å². The normalized spacial score (nSPS) is 14.9. The van der Waals surface area contributed by atoms with Gasteiger partial charge in [-0.05, 0) is 38.0 Å². The van der Waals surface area contributed by atoms with E-state index in [-0.39, 0.29) is 17.8 Å². The van der Waals surface area contributed by atoms with Crippen LogP contribution in [0.1, 0.15) is 29.9 Å². The number of halogens is 3. The lowest BCUT2D eigenvalue weighted by Crippen LogP contribution is -2.24. The average molecular weight is 448 g/mol. The molecule has 3 aromatic rings. The lowest BCUT2D eigenvalue weighted by Gasteiger charge is -2.20. The Balaban J connectivity index is 1.66. The summed E-state index contributed by atoms with van der Waals surface area (Å²) in [5.74, 6) is 2.03. The van der Waals surface area contributed by atoms with Crippen LogP contribution in [0, 0.1) is 6.92 Å². The number of anilines is 1. The number of hydrogen-bond donors (Lipinski definition) is 1. The predicted molar refractivity (Wildman–Crippen MR) is 112 cm³/mol. The zero-order valence-corrected chi connectivity index (χ0v) is 17.9. The second-order valence-corrected chi connectivity index (χ2v) is 7.74. The van der Waals surface area contributed by atoms with Gasteiger partial charge in [-0.2, -0.15) is 13.2 Å². The molecule has 1 fully saturated rings. The summed E-state index contributed by atoms with van der Waals surface area (Å²) < 4.78 is 56.0. The molecule has 0 aliphatic heterocycles. The van der Waals surface area contributed by atoms with Crippen molar-refractivity contribution < 1.29 is 27.4 Å². The summed E-state index contributed by atoms with van der Waals surface area (Å²) in [5.41, 5.74) is -0.262. The SMILES string of the molecule is COCC1(Oc2cc3c(NCc4cc(C(F)(F)F)ccn4)nc(C)nc3cc2OC)CC1. The molecule has 1 aromatic carbocycles. The van der Waals surface area contributed by atoms with Gasteiger partial charge in [0.15, 0.2) is 11.5 Å². The van der Waals surface area contributed by atoms with Gasteiger partial charge in [0, 0.05) is 24.8 Å². The lowest BCUT2D eigenvalue weighted by atomic mass is 10.2. The van der Waals surface area contributed by atoms with Crippen LogP contribution >= 0.6 is 0 Å². The second-order valence-electron chi connectivity index (χ2n) is 7.74. The highest BCUT2D eigenvalue weighted by atomic mass is 19.4. The summed E-state index contributed by atoms with van der Waals surface area (Å²) in [6, 6.07) is 5.50. The first kappa shape index (κ1) is 22.1. The Morgan fingerprint density at radius 2 is 1.88 bits per heavy atom. The molecule has 0 unspecified atom stereocenters. The first-order valence-corrected chi connectivity index (χ1v) is 10.0. The summed E-state index contributed by atoms with van der Waals surface area (Å²) in [5, 5.41) is 3.75. The molecule has 1 N–H and O–H groups in total. The molecule has 1 aliphatic rings. The number of benzene rings is 1. The van der Waals surface area contributed by atoms with Crippen molar-refractivity contribution in [2.24, 2.45) is 0 Å². The third-order valence-corrected chi connectivity index (χ3v) is 5.22. The molecule has 2 aromatic heterocycles. The van der Waals surface area contributed by atoms with E-state index in [0.29, 0.717) is 40.7 Å². The number of aryl methyl sites for hydroxylation is 1. The molecule has 4 rings (SSSR count). The highest BCUT2D eigenvalue weighted by Gasteiger charge is 2.46. The Bertz CT molecular complexity index is 1130. The van der Waals surface area contributed by atoms with Crippen LogP contribution in [0.2, 0.25) is 0 Å². The number of fused-ring (bicyclic) bond motifs is 1. The van der Waals surface area contributed by atoms with Crippen molar-refractivity contribution in [3.8, 4) is 11.5 Å². The number of hydrogen-bond acceptors (Lipinski definition) is 7. The number of pyridine rings is 1. The number of ether oxygens (including phenoxy) is 3. The van der Waals surface area contributed by atoms with Crippen LogP contribution in [0.3, 0.4) is 0 Å². The highest BCUT2D eigenvalue weighted by Crippen LogP contribution is 2.44. The van der Waals surface area contributed by atoms with Gasteiger partial charge in [-0.3, -0.25) is 4.98 Å². The smallest absolute Gasteiger partial charge is 0.416 e. The summed E-state index contributed by atoms with van der Waals surface area (Å²) in [6.07, 6.45) is -1.54. The van der Waals surface area contributed by atoms with Gasteiger partial charge in [0.05, 0.1) is 37.0 Å². The second kappa shape index (κ2) is 8.42. The maximum absolute atomic E-state index is 13.0. The van der Waals surface area contributed by atoms with Gasteiger partial charge in [0.1, 0.15) is 17.2 Å². The summed E-state index contributed by atoms with van der Waals surface area (Å²) in [4.78, 5) is 12.9. The summed E-state index contributed by atoms with van der Waals surface area (Å²) in [6.45, 7) is 2.26. The van der Waals surface area contributed by atoms with Crippen molar-refractivity contribution in [1.82, 2.24) is 15.0 Å². The molecule has 170 valence electrons. The molecular formula is C22H23F3N4O3. The molecule has 0 radical (unpaired) electrons. The van der Waals surface area contributed by atoms with E-state index in [2.05, 4.69) is 20.3 Å². The zero-order valence-electron chi connectivity index (χ0n) is 17.9. The van der Waals surface area contributed by atoms with E-state index >= 15 is 0 Å². The molecule has 0 amide bonds. The van der Waals surface area contributed by atoms with Crippen molar-refractivity contribution in [3.63, 3.8) is 0 Å². The predicted octanol–water partition coefficient (Wildman–Crippen LogP) is 4.53. The number of alkyl halides is 3. The van der Waals surface area contributed by atoms with Crippen LogP contribution in [0.5, 0.6) is 11.5 Å². The van der Waals surface area contributed by atoms with Gasteiger partial charge in [-0.15, -0.1) is 0 Å². The van der Waals surface area contributed by atoms with E-state index < -0.39 is 11.7 Å². The Kier molecular flexibility index (Phi) is 5.81. The third kappa shape index (κ3) is 4.69. The van der Waals surface area contributed by atoms with Gasteiger partial charge in [0.2, 0.25) is 0 Å². The van der Waals surface area contributed by atoms with Crippen molar-refractivity contribution >= 4 is 16.7 Å². The molecule has 0 saturated heterocycles. The molecule has 1 saturated carbocycles. The minimum atomic E-state index is -4.43. The Morgan fingerprint density at radius 1 is 1.09 bits per heavy atom. The van der Waals surface area contributed by atoms with Crippen LogP contribution in [0.4, 0.5) is 19.0 Å². The fourth-order valence-corrected chi connectivity index (χ4v) is 3.46. The van der Waals surface area contributed by atoms with Gasteiger partial charge in [-0.25, -0.2) is 9.97 Å². The van der Waals surface area contributed by atoms with Crippen molar-refractivity contribution in [1.29, 1.82) is 0 Å². The van der Waals surface area contributed by atoms with E-state index in [4.69, 9.17) is 14.2 Å². The molecule has 1 aliphatic carbocycles. The average Bonchev–Trinajstić information content (AvgIpc) is 3.50. The van der Waals surface area contributed by atoms with Crippen LogP contribution < -0.4 is 14.8 Å². The first-order valence-electron chi connectivity index (χ1n) is 10.0. The fraction of sp³-hybridized carbons (Fsp3) is 0.409. The number of methoxy groups -OCH3 is 2. The maximum Gasteiger partial charge on any atom is 0.416 e. The molecule has 2 heterocycles. The number of nitrogens with zero attached hydrogens (tertiary/aromatic N) is 3. The van der Waals surface area contributed by atoms with Crippen LogP contribution in [-0.4, -0.2) is 41.4 Å². The topological polar surface area (TPSA) is 78.4 Å². The molecule has 10 heteroatoms. The van der Waals surface area contributed by atoms with Gasteiger partial charge in [0.25, 0.3) is 0 Å². The van der Waals surface area contributed by atoms with Crippen LogP contribution in [0.15, 0.2) is 30.5 Å². The summed E-state index contributed by atoms with van der Waals surface area (Å²) >= 11 is 0. The fourth-order valence-electron chi connectivity index (χ4n) is 3.46. The highest BCUT2D eigenvalue weighted by molar-refractivity contribution is 5.91. The van der Waals surface area contributed by atoms with Crippen molar-refractivity contribution in [3.05, 3.63) is 47.5 Å². The number of aromatic nitrogens is 3. The lowest BCUT2D eigenvalue weighted by molar-refractivity contribution is -0.137. The molecule has 0 atom stereocenters. The molecule has 0 bridgehead atoms. The maximum atomic E-state index is 13.0. The monoisotopic (exact) mass is 448 g/mol. The number of rotatable bonds is 8. The zero-order chi connectivity index (χ0) is 22.9. The van der Waals surface area contributed by atoms with Gasteiger partial charge in [-0.1, -0.05) is 0 Å². The molecule has 32 heavy (non-hydrogen) atoms. The Labute approximate surface area is 182 Å². The van der Waals surface area contributed by atoms with Crippen molar-refractivity contribution in [2.75, 3.05) is 26.1 Å². The largest absolute Gasteiger partial charge is 0.493 e. The van der Waals surface area contributed by atoms with Gasteiger partial charge < -0.3 is 19.5 Å². The summed E-state index contributed by atoms with van der Waals surface area (Å²) in [7, 11) is 3.18. The van der Waals surface area contributed by atoms with E-state index in [1.165, 1.54) is 0 Å². The molecule has 7 nitrogen and oxygen atoms in total. The molecule has 0 spiro atoms. The Morgan fingerprint density at radius 3 is 2.53 bits per heavy atom. The van der Waals surface area contributed by atoms with E-state index in [9.17, 15) is 13.2 Å². The minimum absolute atomic E-state index is 0.0608. The first-order chi connectivity index (χ1) is 15.2. The van der Waals surface area contributed by atoms with Crippen LogP contribution in [-0.2, 0) is 17.5 Å². The molecular weight excluding hydrogens is 425 g/mol. The quantitative estimate of drug-likeness (QED) is 0.542. The van der Waals surface area contributed by atoms with E-state index in [1.54, 1.807) is 33.3 Å². The van der Waals surface area contributed by atoms with E-state index in [1.807, 2.05) is 0 Å². The number of nitrogens with one attached hydrogen (secondary N) is 1.